The minimum Gasteiger partial charge on any atom is -0.395 e. The summed E-state index contributed by atoms with van der Waals surface area (Å²) in [6.45, 7) is 0.287. The number of aliphatic hydroxyl groups excluding tert-OH is 1. The predicted molar refractivity (Wildman–Crippen MR) is 85.7 cm³/mol. The van der Waals surface area contributed by atoms with Crippen LogP contribution in [0.3, 0.4) is 0 Å². The smallest absolute Gasteiger partial charge is 0.0558 e. The summed E-state index contributed by atoms with van der Waals surface area (Å²) in [4.78, 5) is 0. The first-order valence-corrected chi connectivity index (χ1v) is 9.57. The van der Waals surface area contributed by atoms with E-state index in [0.717, 1.165) is 28.8 Å². The van der Waals surface area contributed by atoms with Crippen LogP contribution in [0.1, 0.15) is 0 Å². The Morgan fingerprint density at radius 3 is 2.20 bits per heavy atom. The number of thiol groups is 2. The van der Waals surface area contributed by atoms with E-state index in [-0.39, 0.29) is 6.61 Å². The molecule has 15 heavy (non-hydrogen) atoms. The summed E-state index contributed by atoms with van der Waals surface area (Å²) in [5.74, 6) is 7.45. The fraction of sp³-hybridized carbons (Fsp3) is 1.00. The normalized spacial score (nSPS) is 13.0. The van der Waals surface area contributed by atoms with Gasteiger partial charge in [-0.1, -0.05) is 0 Å². The average Bonchev–Trinajstić information content (AvgIpc) is 2.27. The summed E-state index contributed by atoms with van der Waals surface area (Å²) in [5.41, 5.74) is 0. The van der Waals surface area contributed by atoms with E-state index in [1.807, 2.05) is 35.3 Å². The zero-order valence-electron chi connectivity index (χ0n) is 8.80. The molecule has 0 heterocycles. The highest BCUT2D eigenvalue weighted by molar-refractivity contribution is 8.05. The van der Waals surface area contributed by atoms with Gasteiger partial charge in [-0.2, -0.15) is 60.5 Å². The summed E-state index contributed by atoms with van der Waals surface area (Å²) >= 11 is 14.0. The third-order valence-electron chi connectivity index (χ3n) is 1.56. The van der Waals surface area contributed by atoms with E-state index in [1.54, 1.807) is 0 Å². The average molecular weight is 305 g/mol. The van der Waals surface area contributed by atoms with Gasteiger partial charge in [0.1, 0.15) is 0 Å². The van der Waals surface area contributed by atoms with Gasteiger partial charge in [0.15, 0.2) is 0 Å². The van der Waals surface area contributed by atoms with Crippen LogP contribution < -0.4 is 0 Å². The first kappa shape index (κ1) is 16.7. The summed E-state index contributed by atoms with van der Waals surface area (Å²) in [6, 6.07) is 0. The van der Waals surface area contributed by atoms with Crippen LogP contribution in [0.2, 0.25) is 0 Å². The Bertz CT molecular complexity index is 125. The van der Waals surface area contributed by atoms with Crippen molar-refractivity contribution in [2.24, 2.45) is 0 Å². The topological polar surface area (TPSA) is 20.2 Å². The molecule has 0 saturated carbocycles. The van der Waals surface area contributed by atoms with Crippen LogP contribution >= 0.6 is 60.5 Å². The van der Waals surface area contributed by atoms with Gasteiger partial charge in [0.2, 0.25) is 0 Å². The molecular weight excluding hydrogens is 284 g/mol. The molecule has 0 aliphatic heterocycles. The maximum atomic E-state index is 9.12. The van der Waals surface area contributed by atoms with Gasteiger partial charge >= 0.3 is 0 Å². The third-order valence-corrected chi connectivity index (χ3v) is 6.43. The molecule has 0 aromatic carbocycles. The Kier molecular flexibility index (Phi) is 15.3. The van der Waals surface area contributed by atoms with Gasteiger partial charge in [-0.15, -0.1) is 0 Å². The van der Waals surface area contributed by atoms with Crippen molar-refractivity contribution in [3.05, 3.63) is 0 Å². The summed E-state index contributed by atoms with van der Waals surface area (Å²) in [7, 11) is 0. The minimum atomic E-state index is 0.287. The molecule has 0 aliphatic carbocycles. The Hall–Kier alpha value is 1.71. The minimum absolute atomic E-state index is 0.287. The first-order valence-electron chi connectivity index (χ1n) is 4.94. The Labute approximate surface area is 117 Å². The molecule has 0 aromatic rings. The van der Waals surface area contributed by atoms with Gasteiger partial charge < -0.3 is 5.11 Å². The lowest BCUT2D eigenvalue weighted by Crippen LogP contribution is -2.13. The van der Waals surface area contributed by atoms with Crippen LogP contribution in [0.25, 0.3) is 0 Å². The van der Waals surface area contributed by atoms with Gasteiger partial charge in [-0.3, -0.25) is 0 Å². The van der Waals surface area contributed by atoms with Crippen molar-refractivity contribution in [3.63, 3.8) is 0 Å². The lowest BCUT2D eigenvalue weighted by atomic mass is 10.5. The summed E-state index contributed by atoms with van der Waals surface area (Å²) < 4.78 is 0. The molecule has 0 radical (unpaired) electrons. The van der Waals surface area contributed by atoms with Crippen LogP contribution in [0.4, 0.5) is 0 Å². The maximum absolute atomic E-state index is 9.12. The van der Waals surface area contributed by atoms with E-state index in [2.05, 4.69) is 25.3 Å². The van der Waals surface area contributed by atoms with Crippen LogP contribution in [-0.2, 0) is 0 Å². The van der Waals surface area contributed by atoms with E-state index >= 15 is 0 Å². The predicted octanol–water partition coefficient (Wildman–Crippen LogP) is 2.41. The molecular formula is C9H20OS5. The number of hydrogen-bond acceptors (Lipinski definition) is 6. The second-order valence-corrected chi connectivity index (χ2v) is 7.49. The van der Waals surface area contributed by atoms with Crippen molar-refractivity contribution in [2.75, 3.05) is 46.9 Å². The fourth-order valence-electron chi connectivity index (χ4n) is 0.872. The van der Waals surface area contributed by atoms with E-state index in [4.69, 9.17) is 5.11 Å². The fourth-order valence-corrected chi connectivity index (χ4v) is 4.60. The molecule has 0 saturated heterocycles. The van der Waals surface area contributed by atoms with Gasteiger partial charge in [0.05, 0.1) is 6.61 Å². The zero-order chi connectivity index (χ0) is 11.4. The van der Waals surface area contributed by atoms with Gasteiger partial charge in [0.25, 0.3) is 0 Å². The lowest BCUT2D eigenvalue weighted by molar-refractivity contribution is 0.301. The standard InChI is InChI=1S/C9H20OS5/c10-7-9(15-4-2-12)8-14-6-5-13-3-1-11/h9-12H,1-8H2. The number of thioether (sulfide) groups is 3. The highest BCUT2D eigenvalue weighted by atomic mass is 32.2. The van der Waals surface area contributed by atoms with Crippen LogP contribution in [0.15, 0.2) is 0 Å². The Morgan fingerprint density at radius 2 is 1.60 bits per heavy atom. The molecule has 1 unspecified atom stereocenters. The van der Waals surface area contributed by atoms with Crippen molar-refractivity contribution < 1.29 is 5.11 Å². The summed E-state index contributed by atoms with van der Waals surface area (Å²) in [6.07, 6.45) is 0. The van der Waals surface area contributed by atoms with E-state index in [9.17, 15) is 0 Å². The number of aliphatic hydroxyl groups is 1. The van der Waals surface area contributed by atoms with Crippen molar-refractivity contribution in [1.29, 1.82) is 0 Å². The zero-order valence-corrected chi connectivity index (χ0v) is 13.0. The molecule has 92 valence electrons. The SMILES string of the molecule is OCC(CSCCSCCS)SCCS. The number of rotatable bonds is 11. The molecule has 0 aliphatic rings. The molecule has 0 aromatic heterocycles. The molecule has 1 N–H and O–H groups in total. The van der Waals surface area contributed by atoms with Gasteiger partial charge in [-0.25, -0.2) is 0 Å². The quantitative estimate of drug-likeness (QED) is 0.402. The molecule has 0 fully saturated rings. The highest BCUT2D eigenvalue weighted by Crippen LogP contribution is 2.17. The maximum Gasteiger partial charge on any atom is 0.0558 e. The van der Waals surface area contributed by atoms with Crippen LogP contribution in [0.5, 0.6) is 0 Å². The van der Waals surface area contributed by atoms with Gasteiger partial charge in [0, 0.05) is 34.0 Å². The molecule has 0 bridgehead atoms. The Morgan fingerprint density at radius 1 is 0.933 bits per heavy atom. The molecule has 6 heteroatoms. The Balaban J connectivity index is 3.22. The van der Waals surface area contributed by atoms with E-state index in [1.165, 1.54) is 11.5 Å². The number of hydrogen-bond donors (Lipinski definition) is 3. The van der Waals surface area contributed by atoms with Crippen LogP contribution in [-0.4, -0.2) is 57.2 Å². The summed E-state index contributed by atoms with van der Waals surface area (Å²) in [5, 5.41) is 9.51. The van der Waals surface area contributed by atoms with Crippen molar-refractivity contribution >= 4 is 60.5 Å². The largest absolute Gasteiger partial charge is 0.395 e. The highest BCUT2D eigenvalue weighted by Gasteiger charge is 2.06. The molecule has 0 spiro atoms. The second-order valence-electron chi connectivity index (χ2n) is 2.81. The molecule has 0 rings (SSSR count). The third kappa shape index (κ3) is 12.0. The lowest BCUT2D eigenvalue weighted by Gasteiger charge is -2.12. The first-order chi connectivity index (χ1) is 7.35. The monoisotopic (exact) mass is 304 g/mol. The van der Waals surface area contributed by atoms with Gasteiger partial charge in [-0.05, 0) is 11.5 Å². The van der Waals surface area contributed by atoms with Crippen LogP contribution in [0, 0.1) is 0 Å². The molecule has 1 nitrogen and oxygen atoms in total. The van der Waals surface area contributed by atoms with Crippen molar-refractivity contribution in [3.8, 4) is 0 Å². The van der Waals surface area contributed by atoms with E-state index in [0.29, 0.717) is 5.25 Å². The molecule has 0 amide bonds. The van der Waals surface area contributed by atoms with E-state index < -0.39 is 0 Å². The second kappa shape index (κ2) is 13.8. The molecule has 1 atom stereocenters. The van der Waals surface area contributed by atoms with Crippen molar-refractivity contribution in [2.45, 2.75) is 5.25 Å². The van der Waals surface area contributed by atoms with Crippen molar-refractivity contribution in [1.82, 2.24) is 0 Å².